The molecule has 0 spiro atoms. The van der Waals surface area contributed by atoms with Crippen molar-refractivity contribution < 1.29 is 19.4 Å². The van der Waals surface area contributed by atoms with Crippen LogP contribution in [0.3, 0.4) is 0 Å². The van der Waals surface area contributed by atoms with E-state index in [1.807, 2.05) is 6.92 Å². The first-order valence-electron chi connectivity index (χ1n) is 8.25. The van der Waals surface area contributed by atoms with E-state index in [4.69, 9.17) is 17.0 Å². The maximum atomic E-state index is 12.9. The fourth-order valence-electron chi connectivity index (χ4n) is 2.60. The van der Waals surface area contributed by atoms with Crippen molar-refractivity contribution in [1.82, 2.24) is 0 Å². The molecule has 1 aliphatic heterocycles. The monoisotopic (exact) mass is 399 g/mol. The quantitative estimate of drug-likeness (QED) is 0.457. The van der Waals surface area contributed by atoms with Crippen molar-refractivity contribution in [2.45, 2.75) is 13.8 Å². The molecule has 5 nitrogen and oxygen atoms in total. The van der Waals surface area contributed by atoms with E-state index >= 15 is 0 Å². The number of amides is 1. The first-order chi connectivity index (χ1) is 12.9. The van der Waals surface area contributed by atoms with Gasteiger partial charge in [0.2, 0.25) is 0 Å². The van der Waals surface area contributed by atoms with E-state index in [2.05, 4.69) is 0 Å². The van der Waals surface area contributed by atoms with E-state index < -0.39 is 0 Å². The van der Waals surface area contributed by atoms with Crippen molar-refractivity contribution in [2.24, 2.45) is 0 Å². The van der Waals surface area contributed by atoms with Gasteiger partial charge in [0.25, 0.3) is 5.91 Å². The predicted octanol–water partition coefficient (Wildman–Crippen LogP) is 4.40. The van der Waals surface area contributed by atoms with E-state index in [9.17, 15) is 14.7 Å². The van der Waals surface area contributed by atoms with Crippen LogP contribution < -0.4 is 9.64 Å². The Bertz CT molecular complexity index is 968. The number of hydrogen-bond acceptors (Lipinski definition) is 6. The minimum absolute atomic E-state index is 0.0441. The second-order valence-corrected chi connectivity index (χ2v) is 7.46. The highest BCUT2D eigenvalue weighted by Gasteiger charge is 2.33. The van der Waals surface area contributed by atoms with Crippen LogP contribution in [0.25, 0.3) is 6.08 Å². The molecular formula is C20H17NO4S2. The van der Waals surface area contributed by atoms with Crippen LogP contribution in [-0.4, -0.2) is 27.7 Å². The molecular weight excluding hydrogens is 382 g/mol. The number of Topliss-reactive ketones (excluding diaryl/α,β-unsaturated/α-hetero) is 1. The molecule has 0 aliphatic carbocycles. The van der Waals surface area contributed by atoms with Crippen LogP contribution >= 0.6 is 24.0 Å². The number of nitrogens with zero attached hydrogens (tertiary/aromatic N) is 1. The van der Waals surface area contributed by atoms with Crippen molar-refractivity contribution in [2.75, 3.05) is 11.5 Å². The second-order valence-electron chi connectivity index (χ2n) is 5.78. The number of aromatic hydroxyl groups is 1. The fraction of sp³-hybridized carbons (Fsp3) is 0.150. The second kappa shape index (κ2) is 7.94. The van der Waals surface area contributed by atoms with Crippen LogP contribution in [-0.2, 0) is 4.79 Å². The van der Waals surface area contributed by atoms with Gasteiger partial charge in [0, 0.05) is 5.56 Å². The summed E-state index contributed by atoms with van der Waals surface area (Å²) in [4.78, 5) is 26.4. The SMILES string of the molecule is CCOc1cc(C=C2SC(=S)N(c3cccc(C(C)=O)c3)C2=O)ccc1O. The number of thioether (sulfide) groups is 1. The Morgan fingerprint density at radius 1 is 1.30 bits per heavy atom. The first kappa shape index (κ1) is 19.1. The van der Waals surface area contributed by atoms with Crippen LogP contribution in [0.1, 0.15) is 29.8 Å². The van der Waals surface area contributed by atoms with Gasteiger partial charge >= 0.3 is 0 Å². The summed E-state index contributed by atoms with van der Waals surface area (Å²) in [5.74, 6) is 0.0700. The van der Waals surface area contributed by atoms with Gasteiger partial charge in [-0.15, -0.1) is 0 Å². The molecule has 1 N–H and O–H groups in total. The zero-order chi connectivity index (χ0) is 19.6. The van der Waals surface area contributed by atoms with Crippen molar-refractivity contribution in [3.8, 4) is 11.5 Å². The van der Waals surface area contributed by atoms with Gasteiger partial charge < -0.3 is 9.84 Å². The minimum atomic E-state index is -0.253. The topological polar surface area (TPSA) is 66.8 Å². The van der Waals surface area contributed by atoms with E-state index in [0.29, 0.717) is 38.4 Å². The summed E-state index contributed by atoms with van der Waals surface area (Å²) >= 11 is 6.56. The molecule has 1 fully saturated rings. The molecule has 7 heteroatoms. The molecule has 0 bridgehead atoms. The van der Waals surface area contributed by atoms with E-state index in [0.717, 1.165) is 0 Å². The van der Waals surface area contributed by atoms with Crippen molar-refractivity contribution >= 4 is 51.8 Å². The van der Waals surface area contributed by atoms with Crippen LogP contribution in [0.5, 0.6) is 11.5 Å². The normalized spacial score (nSPS) is 15.5. The molecule has 1 amide bonds. The average molecular weight is 399 g/mol. The van der Waals surface area contributed by atoms with Gasteiger partial charge in [0.1, 0.15) is 0 Å². The van der Waals surface area contributed by atoms with Crippen LogP contribution in [0, 0.1) is 0 Å². The van der Waals surface area contributed by atoms with E-state index in [-0.39, 0.29) is 17.4 Å². The Labute approximate surface area is 166 Å². The third-order valence-corrected chi connectivity index (χ3v) is 5.19. The molecule has 0 radical (unpaired) electrons. The van der Waals surface area contributed by atoms with Gasteiger partial charge in [0.15, 0.2) is 21.6 Å². The van der Waals surface area contributed by atoms with Gasteiger partial charge in [-0.25, -0.2) is 0 Å². The summed E-state index contributed by atoms with van der Waals surface area (Å²) < 4.78 is 5.78. The lowest BCUT2D eigenvalue weighted by Crippen LogP contribution is -2.27. The third kappa shape index (κ3) is 4.04. The molecule has 2 aromatic carbocycles. The number of benzene rings is 2. The molecule has 0 atom stereocenters. The van der Waals surface area contributed by atoms with Gasteiger partial charge in [0.05, 0.1) is 17.2 Å². The molecule has 0 aromatic heterocycles. The fourth-order valence-corrected chi connectivity index (χ4v) is 3.90. The molecule has 1 aliphatic rings. The van der Waals surface area contributed by atoms with E-state index in [1.165, 1.54) is 29.7 Å². The summed E-state index contributed by atoms with van der Waals surface area (Å²) in [6.07, 6.45) is 1.70. The highest BCUT2D eigenvalue weighted by molar-refractivity contribution is 8.27. The number of carbonyl (C=O) groups is 2. The lowest BCUT2D eigenvalue weighted by atomic mass is 10.1. The van der Waals surface area contributed by atoms with Gasteiger partial charge in [-0.1, -0.05) is 42.2 Å². The third-order valence-electron chi connectivity index (χ3n) is 3.89. The Hall–Kier alpha value is -2.64. The molecule has 2 aromatic rings. The van der Waals surface area contributed by atoms with Crippen LogP contribution in [0.2, 0.25) is 0 Å². The number of hydrogen-bond donors (Lipinski definition) is 1. The Morgan fingerprint density at radius 2 is 2.07 bits per heavy atom. The smallest absolute Gasteiger partial charge is 0.270 e. The highest BCUT2D eigenvalue weighted by Crippen LogP contribution is 2.37. The van der Waals surface area contributed by atoms with E-state index in [1.54, 1.807) is 42.5 Å². The first-order valence-corrected chi connectivity index (χ1v) is 9.48. The van der Waals surface area contributed by atoms with Crippen molar-refractivity contribution in [3.05, 3.63) is 58.5 Å². The number of carbonyl (C=O) groups excluding carboxylic acids is 2. The zero-order valence-electron chi connectivity index (χ0n) is 14.8. The lowest BCUT2D eigenvalue weighted by molar-refractivity contribution is -0.113. The standard InChI is InChI=1S/C20H17NO4S2/c1-3-25-17-9-13(7-8-16(17)23)10-18-19(24)21(20(26)27-18)15-6-4-5-14(11-15)12(2)22/h4-11,23H,3H2,1-2H3. The van der Waals surface area contributed by atoms with Crippen molar-refractivity contribution in [1.29, 1.82) is 0 Å². The Morgan fingerprint density at radius 3 is 2.78 bits per heavy atom. The molecule has 0 unspecified atom stereocenters. The highest BCUT2D eigenvalue weighted by atomic mass is 32.2. The molecule has 1 heterocycles. The van der Waals surface area contributed by atoms with Crippen molar-refractivity contribution in [3.63, 3.8) is 0 Å². The number of anilines is 1. The number of phenols is 1. The number of rotatable bonds is 5. The Kier molecular flexibility index (Phi) is 5.62. The summed E-state index contributed by atoms with van der Waals surface area (Å²) in [5.41, 5.74) is 1.80. The summed E-state index contributed by atoms with van der Waals surface area (Å²) in [6, 6.07) is 11.7. The summed E-state index contributed by atoms with van der Waals surface area (Å²) in [7, 11) is 0. The maximum absolute atomic E-state index is 12.9. The number of phenolic OH excluding ortho intramolecular Hbond substituents is 1. The maximum Gasteiger partial charge on any atom is 0.270 e. The zero-order valence-corrected chi connectivity index (χ0v) is 16.4. The number of thiocarbonyl (C=S) groups is 1. The van der Waals surface area contributed by atoms with Gasteiger partial charge in [-0.05, 0) is 49.8 Å². The summed E-state index contributed by atoms with van der Waals surface area (Å²) in [5, 5.41) is 9.81. The average Bonchev–Trinajstić information content (AvgIpc) is 2.91. The van der Waals surface area contributed by atoms with Crippen LogP contribution in [0.4, 0.5) is 5.69 Å². The molecule has 27 heavy (non-hydrogen) atoms. The number of ketones is 1. The largest absolute Gasteiger partial charge is 0.504 e. The van der Waals surface area contributed by atoms with Gasteiger partial charge in [-0.2, -0.15) is 0 Å². The summed E-state index contributed by atoms with van der Waals surface area (Å²) in [6.45, 7) is 3.72. The predicted molar refractivity (Wildman–Crippen MR) is 111 cm³/mol. The number of ether oxygens (including phenoxy) is 1. The minimum Gasteiger partial charge on any atom is -0.504 e. The molecule has 138 valence electrons. The van der Waals surface area contributed by atoms with Gasteiger partial charge in [-0.3, -0.25) is 14.5 Å². The molecule has 3 rings (SSSR count). The van der Waals surface area contributed by atoms with Crippen LogP contribution in [0.15, 0.2) is 47.4 Å². The molecule has 0 saturated carbocycles. The Balaban J connectivity index is 1.92. The molecule has 1 saturated heterocycles. The lowest BCUT2D eigenvalue weighted by Gasteiger charge is -2.15.